The fourth-order valence-electron chi connectivity index (χ4n) is 0.503. The maximum Gasteiger partial charge on any atom is 0.342 e. The molecule has 0 aromatic rings. The van der Waals surface area contributed by atoms with Crippen LogP contribution in [0, 0.1) is 11.3 Å². The third-order valence-corrected chi connectivity index (χ3v) is 1.93. The van der Waals surface area contributed by atoms with Crippen LogP contribution >= 0.6 is 34.8 Å². The van der Waals surface area contributed by atoms with Gasteiger partial charge >= 0.3 is 5.97 Å². The molecule has 3 nitrogen and oxygen atoms in total. The number of carbonyl (C=O) groups excluding carboxylic acids is 1. The van der Waals surface area contributed by atoms with Crippen molar-refractivity contribution in [3.05, 3.63) is 0 Å². The molecule has 0 heterocycles. The van der Waals surface area contributed by atoms with Gasteiger partial charge in [-0.15, -0.1) is 11.6 Å². The first kappa shape index (κ1) is 11.8. The summed E-state index contributed by atoms with van der Waals surface area (Å²) in [6.07, 6.45) is -0.166. The zero-order valence-corrected chi connectivity index (χ0v) is 8.45. The number of halogens is 3. The summed E-state index contributed by atoms with van der Waals surface area (Å²) in [5.41, 5.74) is 0. The van der Waals surface area contributed by atoms with Gasteiger partial charge in [0.15, 0.2) is 0 Å². The summed E-state index contributed by atoms with van der Waals surface area (Å²) in [6.45, 7) is 0. The molecule has 0 aliphatic heterocycles. The highest BCUT2D eigenvalue weighted by molar-refractivity contribution is 6.57. The quantitative estimate of drug-likeness (QED) is 0.549. The van der Waals surface area contributed by atoms with Gasteiger partial charge in [0.2, 0.25) is 4.33 Å². The third-order valence-electron chi connectivity index (χ3n) is 1.06. The van der Waals surface area contributed by atoms with Crippen molar-refractivity contribution >= 4 is 40.8 Å². The second-order valence-corrected chi connectivity index (χ2v) is 4.01. The van der Waals surface area contributed by atoms with Crippen molar-refractivity contribution in [2.75, 3.05) is 7.11 Å². The predicted octanol–water partition coefficient (Wildman–Crippen LogP) is 1.85. The van der Waals surface area contributed by atoms with Crippen molar-refractivity contribution < 1.29 is 9.53 Å². The lowest BCUT2D eigenvalue weighted by molar-refractivity contribution is -0.141. The molecule has 0 saturated carbocycles. The molecule has 0 aliphatic rings. The number of nitrogens with zero attached hydrogens (tertiary/aromatic N) is 1. The van der Waals surface area contributed by atoms with Gasteiger partial charge in [0.1, 0.15) is 5.38 Å². The summed E-state index contributed by atoms with van der Waals surface area (Å²) in [6, 6.07) is 1.69. The maximum atomic E-state index is 10.8. The van der Waals surface area contributed by atoms with Crippen molar-refractivity contribution in [1.29, 1.82) is 5.26 Å². The standard InChI is InChI=1S/C6H6Cl3NO2/c1-12-5(11)6(8,9)2-4(7)3-10/h4H,2H2,1H3. The zero-order chi connectivity index (χ0) is 9.78. The molecule has 68 valence electrons. The molecule has 0 fully saturated rings. The fraction of sp³-hybridized carbons (Fsp3) is 0.667. The second-order valence-electron chi connectivity index (χ2n) is 2.00. The van der Waals surface area contributed by atoms with E-state index in [0.29, 0.717) is 0 Å². The lowest BCUT2D eigenvalue weighted by Crippen LogP contribution is -2.30. The maximum absolute atomic E-state index is 10.8. The topological polar surface area (TPSA) is 50.1 Å². The van der Waals surface area contributed by atoms with E-state index in [1.807, 2.05) is 0 Å². The van der Waals surface area contributed by atoms with Gasteiger partial charge in [-0.2, -0.15) is 5.26 Å². The number of carbonyl (C=O) groups is 1. The van der Waals surface area contributed by atoms with Crippen LogP contribution in [0.2, 0.25) is 0 Å². The van der Waals surface area contributed by atoms with E-state index in [2.05, 4.69) is 4.74 Å². The summed E-state index contributed by atoms with van der Waals surface area (Å²) in [5, 5.41) is 7.40. The van der Waals surface area contributed by atoms with Gasteiger partial charge in [0.25, 0.3) is 0 Å². The average Bonchev–Trinajstić information content (AvgIpc) is 2.02. The number of rotatable bonds is 3. The number of nitriles is 1. The van der Waals surface area contributed by atoms with Crippen LogP contribution in [0.15, 0.2) is 0 Å². The summed E-state index contributed by atoms with van der Waals surface area (Å²) in [5.74, 6) is -0.813. The van der Waals surface area contributed by atoms with E-state index in [9.17, 15) is 4.79 Å². The number of alkyl halides is 3. The Morgan fingerprint density at radius 2 is 2.25 bits per heavy atom. The van der Waals surface area contributed by atoms with Crippen molar-refractivity contribution in [2.45, 2.75) is 16.1 Å². The molecule has 0 aromatic carbocycles. The SMILES string of the molecule is COC(=O)C(Cl)(Cl)CC(Cl)C#N. The van der Waals surface area contributed by atoms with Gasteiger partial charge in [-0.05, 0) is 0 Å². The fourth-order valence-corrected chi connectivity index (χ4v) is 1.36. The molecule has 0 aliphatic carbocycles. The number of ether oxygens (including phenoxy) is 1. The van der Waals surface area contributed by atoms with E-state index in [0.717, 1.165) is 7.11 Å². The number of esters is 1. The first-order valence-corrected chi connectivity index (χ1v) is 4.13. The van der Waals surface area contributed by atoms with E-state index < -0.39 is 15.7 Å². The Bertz CT molecular complexity index is 211. The minimum atomic E-state index is -1.74. The summed E-state index contributed by atoms with van der Waals surface area (Å²) < 4.78 is 2.55. The van der Waals surface area contributed by atoms with Gasteiger partial charge < -0.3 is 4.74 Å². The van der Waals surface area contributed by atoms with Crippen LogP contribution < -0.4 is 0 Å². The molecular weight excluding hydrogens is 224 g/mol. The van der Waals surface area contributed by atoms with E-state index in [1.165, 1.54) is 0 Å². The molecule has 0 spiro atoms. The molecule has 1 atom stereocenters. The molecular formula is C6H6Cl3NO2. The van der Waals surface area contributed by atoms with Crippen LogP contribution in [0.5, 0.6) is 0 Å². The number of hydrogen-bond donors (Lipinski definition) is 0. The van der Waals surface area contributed by atoms with Gasteiger partial charge in [-0.25, -0.2) is 4.79 Å². The first-order valence-electron chi connectivity index (χ1n) is 2.94. The second kappa shape index (κ2) is 4.76. The van der Waals surface area contributed by atoms with Crippen molar-refractivity contribution in [3.63, 3.8) is 0 Å². The minimum Gasteiger partial charge on any atom is -0.467 e. The molecule has 0 saturated heterocycles. The Hall–Kier alpha value is -0.170. The highest BCUT2D eigenvalue weighted by Gasteiger charge is 2.37. The van der Waals surface area contributed by atoms with Crippen LogP contribution in [0.1, 0.15) is 6.42 Å². The molecule has 0 radical (unpaired) electrons. The van der Waals surface area contributed by atoms with Crippen molar-refractivity contribution in [3.8, 4) is 6.07 Å². The van der Waals surface area contributed by atoms with Crippen molar-refractivity contribution in [1.82, 2.24) is 0 Å². The van der Waals surface area contributed by atoms with E-state index in [1.54, 1.807) is 6.07 Å². The van der Waals surface area contributed by atoms with Crippen molar-refractivity contribution in [2.24, 2.45) is 0 Å². The molecule has 1 unspecified atom stereocenters. The molecule has 0 rings (SSSR count). The van der Waals surface area contributed by atoms with Gasteiger partial charge in [-0.3, -0.25) is 0 Å². The van der Waals surface area contributed by atoms with Gasteiger partial charge in [0.05, 0.1) is 13.2 Å². The normalized spacial score (nSPS) is 13.2. The lowest BCUT2D eigenvalue weighted by Gasteiger charge is -2.16. The highest BCUT2D eigenvalue weighted by Crippen LogP contribution is 2.29. The Morgan fingerprint density at radius 3 is 2.58 bits per heavy atom. The molecule has 0 bridgehead atoms. The summed E-state index contributed by atoms with van der Waals surface area (Å²) >= 11 is 16.4. The zero-order valence-electron chi connectivity index (χ0n) is 6.18. The molecule has 12 heavy (non-hydrogen) atoms. The van der Waals surface area contributed by atoms with Crippen LogP contribution in [-0.4, -0.2) is 22.8 Å². The first-order chi connectivity index (χ1) is 5.44. The molecule has 0 N–H and O–H groups in total. The number of methoxy groups -OCH3 is 1. The summed E-state index contributed by atoms with van der Waals surface area (Å²) in [4.78, 5) is 10.8. The van der Waals surface area contributed by atoms with E-state index in [4.69, 9.17) is 40.1 Å². The average molecular weight is 230 g/mol. The van der Waals surface area contributed by atoms with Crippen LogP contribution in [0.3, 0.4) is 0 Å². The minimum absolute atomic E-state index is 0.166. The molecule has 6 heteroatoms. The Morgan fingerprint density at radius 1 is 1.75 bits per heavy atom. The third kappa shape index (κ3) is 3.48. The predicted molar refractivity (Wildman–Crippen MR) is 46.3 cm³/mol. The smallest absolute Gasteiger partial charge is 0.342 e. The Balaban J connectivity index is 4.24. The van der Waals surface area contributed by atoms with Crippen LogP contribution in [0.25, 0.3) is 0 Å². The molecule has 0 amide bonds. The number of hydrogen-bond acceptors (Lipinski definition) is 3. The van der Waals surface area contributed by atoms with Gasteiger partial charge in [0, 0.05) is 6.42 Å². The van der Waals surface area contributed by atoms with Crippen LogP contribution in [-0.2, 0) is 9.53 Å². The van der Waals surface area contributed by atoms with Gasteiger partial charge in [-0.1, -0.05) is 23.2 Å². The highest BCUT2D eigenvalue weighted by atomic mass is 35.5. The summed E-state index contributed by atoms with van der Waals surface area (Å²) in [7, 11) is 1.15. The van der Waals surface area contributed by atoms with Crippen LogP contribution in [0.4, 0.5) is 0 Å². The van der Waals surface area contributed by atoms with E-state index in [-0.39, 0.29) is 6.42 Å². The largest absolute Gasteiger partial charge is 0.467 e. The Labute approximate surface area is 85.1 Å². The monoisotopic (exact) mass is 229 g/mol. The van der Waals surface area contributed by atoms with E-state index >= 15 is 0 Å². The molecule has 0 aromatic heterocycles. The lowest BCUT2D eigenvalue weighted by atomic mass is 10.2. The Kier molecular flexibility index (Phi) is 4.69.